The van der Waals surface area contributed by atoms with Crippen molar-refractivity contribution < 1.29 is 40.6 Å². The molecule has 0 heterocycles. The molecule has 2 rings (SSSR count). The Morgan fingerprint density at radius 1 is 0.925 bits per heavy atom. The Balaban J connectivity index is 0.000000433. The molecule has 0 saturated heterocycles. The van der Waals surface area contributed by atoms with E-state index in [9.17, 15) is 31.1 Å². The van der Waals surface area contributed by atoms with Crippen LogP contribution in [0.15, 0.2) is 42.5 Å². The molecule has 14 heteroatoms. The van der Waals surface area contributed by atoms with Crippen LogP contribution in [-0.4, -0.2) is 31.8 Å². The molecule has 0 bridgehead atoms. The lowest BCUT2D eigenvalue weighted by Gasteiger charge is -2.20. The Labute approximate surface area is 236 Å². The Kier molecular flexibility index (Phi) is 14.0. The summed E-state index contributed by atoms with van der Waals surface area (Å²) in [5, 5.41) is 20.0. The van der Waals surface area contributed by atoms with Crippen LogP contribution in [0.4, 0.5) is 26.3 Å². The largest absolute Gasteiger partial charge is 0.416 e. The van der Waals surface area contributed by atoms with Gasteiger partial charge in [-0.2, -0.15) is 36.9 Å². The number of halogens is 8. The molecular weight excluding hydrogens is 587 g/mol. The fourth-order valence-electron chi connectivity index (χ4n) is 3.01. The molecular formula is C26H23Cl2F6N3O3. The zero-order valence-electron chi connectivity index (χ0n) is 21.1. The second-order valence-electron chi connectivity index (χ2n) is 7.55. The molecule has 0 aromatic heterocycles. The quantitative estimate of drug-likeness (QED) is 0.128. The van der Waals surface area contributed by atoms with E-state index >= 15 is 0 Å². The van der Waals surface area contributed by atoms with Crippen molar-refractivity contribution in [1.82, 2.24) is 5.32 Å². The zero-order valence-corrected chi connectivity index (χ0v) is 22.6. The van der Waals surface area contributed by atoms with E-state index in [-0.39, 0.29) is 33.4 Å². The first-order valence-corrected chi connectivity index (χ1v) is 12.2. The van der Waals surface area contributed by atoms with Crippen molar-refractivity contribution >= 4 is 34.7 Å². The summed E-state index contributed by atoms with van der Waals surface area (Å²) in [4.78, 5) is 11.3. The molecule has 0 atom stereocenters. The van der Waals surface area contributed by atoms with Gasteiger partial charge in [0.05, 0.1) is 47.0 Å². The highest BCUT2D eigenvalue weighted by Gasteiger charge is 2.32. The number of hydrogen-bond acceptors (Lipinski definition) is 6. The van der Waals surface area contributed by atoms with Gasteiger partial charge in [-0.15, -0.1) is 0 Å². The molecule has 0 unspecified atom stereocenters. The number of Topliss-reactive ketones (excluding diaryl/α,β-unsaturated/α-hetero) is 1. The van der Waals surface area contributed by atoms with E-state index in [1.807, 2.05) is 0 Å². The maximum atomic E-state index is 12.9. The molecule has 6 nitrogen and oxygen atoms in total. The molecule has 0 spiro atoms. The molecule has 0 aliphatic rings. The van der Waals surface area contributed by atoms with E-state index < -0.39 is 42.0 Å². The summed E-state index contributed by atoms with van der Waals surface area (Å²) in [5.41, 5.74) is -1.84. The number of benzene rings is 2. The monoisotopic (exact) mass is 609 g/mol. The maximum Gasteiger partial charge on any atom is 0.416 e. The van der Waals surface area contributed by atoms with Crippen LogP contribution in [0.5, 0.6) is 0 Å². The number of carbonyl (C=O) groups excluding carboxylic acids is 1. The number of nitriles is 2. The minimum absolute atomic E-state index is 0.0831. The molecule has 2 aromatic rings. The van der Waals surface area contributed by atoms with Crippen molar-refractivity contribution in [2.45, 2.75) is 38.9 Å². The van der Waals surface area contributed by atoms with Gasteiger partial charge in [0.1, 0.15) is 0 Å². The Bertz CT molecular complexity index is 1260. The summed E-state index contributed by atoms with van der Waals surface area (Å²) in [5.74, 6) is -0.724. The predicted molar refractivity (Wildman–Crippen MR) is 136 cm³/mol. The molecule has 0 radical (unpaired) electrons. The van der Waals surface area contributed by atoms with Gasteiger partial charge in [0.2, 0.25) is 0 Å². The van der Waals surface area contributed by atoms with E-state index in [1.165, 1.54) is 0 Å². The second kappa shape index (κ2) is 16.1. The Morgan fingerprint density at radius 3 is 1.82 bits per heavy atom. The van der Waals surface area contributed by atoms with Crippen LogP contribution >= 0.6 is 23.2 Å². The molecule has 1 N–H and O–H groups in total. The third-order valence-corrected chi connectivity index (χ3v) is 5.45. The first-order chi connectivity index (χ1) is 18.7. The van der Waals surface area contributed by atoms with Crippen molar-refractivity contribution in [3.63, 3.8) is 0 Å². The standard InChI is InChI=1S/C16H18ClF3N2O2.C10H5ClF3NO/c1-3-23-15(24-4-2)10-22-14(7-8-21)12-9-11(16(18,19)20)5-6-13(12)17;11-8-2-1-6(10(12,13)14)5-7(8)9(16)3-4-15/h5-7,9,15,22H,3-4,10H2,1-2H3;1-2,5H,3H2. The van der Waals surface area contributed by atoms with Crippen molar-refractivity contribution in [1.29, 1.82) is 10.5 Å². The number of ketones is 1. The van der Waals surface area contributed by atoms with E-state index in [4.69, 9.17) is 43.2 Å². The van der Waals surface area contributed by atoms with Crippen LogP contribution in [-0.2, 0) is 21.8 Å². The van der Waals surface area contributed by atoms with Crippen molar-refractivity contribution in [3.05, 3.63) is 74.8 Å². The first-order valence-electron chi connectivity index (χ1n) is 11.4. The predicted octanol–water partition coefficient (Wildman–Crippen LogP) is 7.67. The minimum atomic E-state index is -4.54. The van der Waals surface area contributed by atoms with Crippen LogP contribution < -0.4 is 5.32 Å². The number of alkyl halides is 6. The summed E-state index contributed by atoms with van der Waals surface area (Å²) < 4.78 is 86.3. The molecule has 0 aliphatic carbocycles. The van der Waals surface area contributed by atoms with E-state index in [2.05, 4.69) is 5.32 Å². The van der Waals surface area contributed by atoms with Crippen LogP contribution in [0.3, 0.4) is 0 Å². The Morgan fingerprint density at radius 2 is 1.40 bits per heavy atom. The zero-order chi connectivity index (χ0) is 30.5. The first kappa shape index (κ1) is 34.7. The fourth-order valence-corrected chi connectivity index (χ4v) is 3.45. The fraction of sp³-hybridized carbons (Fsp3) is 0.346. The maximum absolute atomic E-state index is 12.9. The van der Waals surface area contributed by atoms with E-state index in [0.717, 1.165) is 36.4 Å². The van der Waals surface area contributed by atoms with Gasteiger partial charge in [0.15, 0.2) is 12.1 Å². The smallest absolute Gasteiger partial charge is 0.379 e. The number of carbonyl (C=O) groups is 1. The van der Waals surface area contributed by atoms with Gasteiger partial charge in [-0.25, -0.2) is 0 Å². The van der Waals surface area contributed by atoms with Crippen molar-refractivity contribution in [2.24, 2.45) is 0 Å². The summed E-state index contributed by atoms with van der Waals surface area (Å²) in [7, 11) is 0. The van der Waals surface area contributed by atoms with Crippen LogP contribution in [0, 0.1) is 22.7 Å². The van der Waals surface area contributed by atoms with Gasteiger partial charge in [-0.1, -0.05) is 23.2 Å². The van der Waals surface area contributed by atoms with Crippen LogP contribution in [0.25, 0.3) is 5.70 Å². The van der Waals surface area contributed by atoms with Crippen molar-refractivity contribution in [2.75, 3.05) is 19.8 Å². The lowest BCUT2D eigenvalue weighted by Crippen LogP contribution is -2.31. The molecule has 40 heavy (non-hydrogen) atoms. The third-order valence-electron chi connectivity index (χ3n) is 4.79. The van der Waals surface area contributed by atoms with Gasteiger partial charge in [0, 0.05) is 35.4 Å². The van der Waals surface area contributed by atoms with Gasteiger partial charge < -0.3 is 14.8 Å². The average molecular weight is 610 g/mol. The molecule has 216 valence electrons. The van der Waals surface area contributed by atoms with Gasteiger partial charge in [-0.05, 0) is 50.2 Å². The number of allylic oxidation sites excluding steroid dienone is 1. The highest BCUT2D eigenvalue weighted by molar-refractivity contribution is 6.34. The number of nitrogens with one attached hydrogen (secondary N) is 1. The van der Waals surface area contributed by atoms with Crippen LogP contribution in [0.1, 0.15) is 47.3 Å². The van der Waals surface area contributed by atoms with Gasteiger partial charge in [0.25, 0.3) is 0 Å². The molecule has 0 fully saturated rings. The highest BCUT2D eigenvalue weighted by Crippen LogP contribution is 2.34. The van der Waals surface area contributed by atoms with Gasteiger partial charge >= 0.3 is 12.4 Å². The topological polar surface area (TPSA) is 95.1 Å². The Hall–Kier alpha value is -3.29. The molecule has 0 amide bonds. The average Bonchev–Trinajstić information content (AvgIpc) is 2.86. The van der Waals surface area contributed by atoms with Crippen molar-refractivity contribution in [3.8, 4) is 12.1 Å². The van der Waals surface area contributed by atoms with E-state index in [1.54, 1.807) is 26.0 Å². The van der Waals surface area contributed by atoms with Crippen LogP contribution in [0.2, 0.25) is 10.0 Å². The summed E-state index contributed by atoms with van der Waals surface area (Å²) >= 11 is 11.6. The summed E-state index contributed by atoms with van der Waals surface area (Å²) in [6.45, 7) is 4.56. The number of nitrogens with zero attached hydrogens (tertiary/aromatic N) is 2. The summed E-state index contributed by atoms with van der Waals surface area (Å²) in [6, 6.07) is 8.72. The van der Waals surface area contributed by atoms with E-state index in [0.29, 0.717) is 19.3 Å². The number of rotatable bonds is 10. The lowest BCUT2D eigenvalue weighted by molar-refractivity contribution is -0.138. The molecule has 0 saturated carbocycles. The van der Waals surface area contributed by atoms with Gasteiger partial charge in [-0.3, -0.25) is 4.79 Å². The number of ether oxygens (including phenoxy) is 2. The summed E-state index contributed by atoms with van der Waals surface area (Å²) in [6.07, 6.45) is -9.04. The third kappa shape index (κ3) is 11.1. The minimum Gasteiger partial charge on any atom is -0.379 e. The second-order valence-corrected chi connectivity index (χ2v) is 8.37. The molecule has 2 aromatic carbocycles. The number of hydrogen-bond donors (Lipinski definition) is 1. The normalized spacial score (nSPS) is 11.8. The lowest BCUT2D eigenvalue weighted by atomic mass is 10.1. The molecule has 0 aliphatic heterocycles. The highest BCUT2D eigenvalue weighted by atomic mass is 35.5. The SMILES string of the molecule is CCOC(CNC(=CC#N)c1cc(C(F)(F)F)ccc1Cl)OCC.N#CCC(=O)c1cc(C(F)(F)F)ccc1Cl.